The second-order valence-corrected chi connectivity index (χ2v) is 13.3. The minimum absolute atomic E-state index is 0.0678. The van der Waals surface area contributed by atoms with E-state index < -0.39 is 33.6 Å². The molecular formula is C36H36ClN3O5S. The lowest BCUT2D eigenvalue weighted by molar-refractivity contribution is 0.0560. The first-order valence-corrected chi connectivity index (χ1v) is 17.1. The summed E-state index contributed by atoms with van der Waals surface area (Å²) in [6.07, 6.45) is 3.53. The average molecular weight is 658 g/mol. The second-order valence-electron chi connectivity index (χ2n) is 11.1. The molecule has 4 aromatic carbocycles. The molecule has 10 heteroatoms. The van der Waals surface area contributed by atoms with Crippen molar-refractivity contribution in [2.24, 2.45) is 0 Å². The highest BCUT2D eigenvalue weighted by Crippen LogP contribution is 2.40. The smallest absolute Gasteiger partial charge is 0.450 e. The Morgan fingerprint density at radius 2 is 1.39 bits per heavy atom. The van der Waals surface area contributed by atoms with Crippen LogP contribution in [-0.4, -0.2) is 41.1 Å². The highest BCUT2D eigenvalue weighted by molar-refractivity contribution is 7.89. The number of hydrogen-bond donors (Lipinski definition) is 2. The molecule has 46 heavy (non-hydrogen) atoms. The predicted molar refractivity (Wildman–Crippen MR) is 179 cm³/mol. The van der Waals surface area contributed by atoms with Gasteiger partial charge in [0.25, 0.3) is 0 Å². The fraction of sp³-hybridized carbons (Fsp3) is 0.222. The minimum Gasteiger partial charge on any atom is -0.450 e. The Bertz CT molecular complexity index is 1700. The van der Waals surface area contributed by atoms with Crippen molar-refractivity contribution in [3.8, 4) is 0 Å². The Labute approximate surface area is 274 Å². The van der Waals surface area contributed by atoms with E-state index in [1.54, 1.807) is 24.3 Å². The van der Waals surface area contributed by atoms with Crippen LogP contribution in [0.1, 0.15) is 47.2 Å². The van der Waals surface area contributed by atoms with Gasteiger partial charge in [-0.2, -0.15) is 0 Å². The number of nitrogens with one attached hydrogen (secondary N) is 1. The third-order valence-corrected chi connectivity index (χ3v) is 9.54. The standard InChI is InChI=1S/C36H36ClN3O5S/c37-32-22-20-28(21-23-32)24-39-46(43,44)26-34(45-35(41)42)19-11-10-18-33-25-40(27-38-33)36(29-12-4-1-5-13-29,30-14-6-2-7-15-30)31-16-8-3-9-17-31/h1-9,12-17,20-23,25,27,34,39H,10-11,18-19,24,26H2,(H,41,42). The first-order chi connectivity index (χ1) is 22.3. The van der Waals surface area contributed by atoms with Crippen LogP contribution < -0.4 is 4.72 Å². The molecule has 2 N–H and O–H groups in total. The summed E-state index contributed by atoms with van der Waals surface area (Å²) in [4.78, 5) is 16.1. The van der Waals surface area contributed by atoms with Crippen LogP contribution >= 0.6 is 11.6 Å². The van der Waals surface area contributed by atoms with Crippen LogP contribution in [-0.2, 0) is 33.3 Å². The molecule has 1 atom stereocenters. The number of rotatable bonds is 15. The quantitative estimate of drug-likeness (QED) is 0.0696. The van der Waals surface area contributed by atoms with Crippen LogP contribution in [0.3, 0.4) is 0 Å². The zero-order chi connectivity index (χ0) is 32.4. The third-order valence-electron chi connectivity index (χ3n) is 7.89. The number of aryl methyl sites for hydroxylation is 1. The first kappa shape index (κ1) is 32.9. The molecule has 1 heterocycles. The molecule has 0 spiro atoms. The number of carboxylic acid groups (broad SMARTS) is 1. The molecule has 0 bridgehead atoms. The second kappa shape index (κ2) is 15.2. The summed E-state index contributed by atoms with van der Waals surface area (Å²) in [7, 11) is -3.80. The fourth-order valence-corrected chi connectivity index (χ4v) is 7.11. The summed E-state index contributed by atoms with van der Waals surface area (Å²) >= 11 is 5.90. The molecule has 8 nitrogen and oxygen atoms in total. The van der Waals surface area contributed by atoms with Gasteiger partial charge in [-0.25, -0.2) is 22.9 Å². The first-order valence-electron chi connectivity index (χ1n) is 15.1. The summed E-state index contributed by atoms with van der Waals surface area (Å²) in [6.45, 7) is 0.0678. The summed E-state index contributed by atoms with van der Waals surface area (Å²) in [5, 5.41) is 9.80. The Hall–Kier alpha value is -4.44. The molecule has 5 aromatic rings. The van der Waals surface area contributed by atoms with E-state index in [0.29, 0.717) is 24.3 Å². The molecule has 0 aliphatic carbocycles. The van der Waals surface area contributed by atoms with Gasteiger partial charge in [-0.05, 0) is 60.1 Å². The fourth-order valence-electron chi connectivity index (χ4n) is 5.76. The summed E-state index contributed by atoms with van der Waals surface area (Å²) < 4.78 is 35.1. The van der Waals surface area contributed by atoms with Crippen LogP contribution in [0.5, 0.6) is 0 Å². The number of sulfonamides is 1. The van der Waals surface area contributed by atoms with E-state index in [1.165, 1.54) is 0 Å². The lowest BCUT2D eigenvalue weighted by atomic mass is 9.77. The highest BCUT2D eigenvalue weighted by Gasteiger charge is 2.38. The predicted octanol–water partition coefficient (Wildman–Crippen LogP) is 7.27. The topological polar surface area (TPSA) is 111 Å². The van der Waals surface area contributed by atoms with E-state index >= 15 is 0 Å². The number of ether oxygens (including phenoxy) is 1. The van der Waals surface area contributed by atoms with Gasteiger partial charge in [-0.15, -0.1) is 0 Å². The summed E-state index contributed by atoms with van der Waals surface area (Å²) in [6, 6.07) is 37.8. The maximum absolute atomic E-state index is 12.7. The van der Waals surface area contributed by atoms with Gasteiger partial charge in [0.05, 0.1) is 12.0 Å². The SMILES string of the molecule is O=C(O)OC(CCCCc1cn(C(c2ccccc2)(c2ccccc2)c2ccccc2)cn1)CS(=O)(=O)NCc1ccc(Cl)cc1. The van der Waals surface area contributed by atoms with Crippen LogP contribution in [0.15, 0.2) is 128 Å². The van der Waals surface area contributed by atoms with Crippen LogP contribution in [0.25, 0.3) is 0 Å². The number of halogens is 1. The Morgan fingerprint density at radius 1 is 0.848 bits per heavy atom. The molecule has 1 unspecified atom stereocenters. The van der Waals surface area contributed by atoms with Gasteiger partial charge in [0, 0.05) is 17.8 Å². The third kappa shape index (κ3) is 8.23. The van der Waals surface area contributed by atoms with Crippen LogP contribution in [0.2, 0.25) is 5.02 Å². The summed E-state index contributed by atoms with van der Waals surface area (Å²) in [5.74, 6) is -0.463. The normalized spacial score (nSPS) is 12.5. The van der Waals surface area contributed by atoms with Gasteiger partial charge in [0.2, 0.25) is 10.0 Å². The van der Waals surface area contributed by atoms with Crippen LogP contribution in [0, 0.1) is 0 Å². The molecule has 1 aromatic heterocycles. The van der Waals surface area contributed by atoms with Gasteiger partial charge in [0.1, 0.15) is 17.4 Å². The molecule has 0 radical (unpaired) electrons. The number of benzene rings is 4. The maximum Gasteiger partial charge on any atom is 0.506 e. The van der Waals surface area contributed by atoms with Gasteiger partial charge >= 0.3 is 6.16 Å². The van der Waals surface area contributed by atoms with Crippen molar-refractivity contribution in [3.63, 3.8) is 0 Å². The Morgan fingerprint density at radius 3 is 1.91 bits per heavy atom. The zero-order valence-corrected chi connectivity index (χ0v) is 26.8. The number of imidazole rings is 1. The molecule has 238 valence electrons. The Balaban J connectivity index is 1.28. The van der Waals surface area contributed by atoms with E-state index in [1.807, 2.05) is 60.9 Å². The average Bonchev–Trinajstić information content (AvgIpc) is 3.53. The number of nitrogens with zero attached hydrogens (tertiary/aromatic N) is 2. The molecule has 5 rings (SSSR count). The molecule has 0 aliphatic heterocycles. The molecule has 0 saturated carbocycles. The summed E-state index contributed by atoms with van der Waals surface area (Å²) in [5.41, 5.74) is 4.23. The molecule has 0 aliphatic rings. The highest BCUT2D eigenvalue weighted by atomic mass is 35.5. The molecule has 0 amide bonds. The van der Waals surface area contributed by atoms with Gasteiger partial charge in [-0.3, -0.25) is 0 Å². The van der Waals surface area contributed by atoms with Crippen molar-refractivity contribution in [2.45, 2.75) is 43.9 Å². The van der Waals surface area contributed by atoms with E-state index in [0.717, 1.165) is 27.9 Å². The largest absolute Gasteiger partial charge is 0.506 e. The lowest BCUT2D eigenvalue weighted by Crippen LogP contribution is -2.36. The van der Waals surface area contributed by atoms with Crippen LogP contribution in [0.4, 0.5) is 4.79 Å². The van der Waals surface area contributed by atoms with Gasteiger partial charge < -0.3 is 14.4 Å². The van der Waals surface area contributed by atoms with E-state index in [2.05, 4.69) is 51.9 Å². The number of hydrogen-bond acceptors (Lipinski definition) is 5. The molecule has 0 saturated heterocycles. The zero-order valence-electron chi connectivity index (χ0n) is 25.2. The lowest BCUT2D eigenvalue weighted by Gasteiger charge is -2.37. The maximum atomic E-state index is 12.7. The van der Waals surface area contributed by atoms with Gasteiger partial charge in [-0.1, -0.05) is 115 Å². The monoisotopic (exact) mass is 657 g/mol. The van der Waals surface area contributed by atoms with Gasteiger partial charge in [0.15, 0.2) is 0 Å². The van der Waals surface area contributed by atoms with Crippen molar-refractivity contribution in [2.75, 3.05) is 5.75 Å². The van der Waals surface area contributed by atoms with Crippen molar-refractivity contribution < 1.29 is 23.1 Å². The number of carbonyl (C=O) groups is 1. The minimum atomic E-state index is -3.80. The van der Waals surface area contributed by atoms with Crippen molar-refractivity contribution >= 4 is 27.8 Å². The number of unbranched alkanes of at least 4 members (excludes halogenated alkanes) is 1. The van der Waals surface area contributed by atoms with E-state index in [4.69, 9.17) is 21.3 Å². The molecule has 0 fully saturated rings. The molecular weight excluding hydrogens is 622 g/mol. The van der Waals surface area contributed by atoms with Crippen molar-refractivity contribution in [3.05, 3.63) is 161 Å². The number of aromatic nitrogens is 2. The Kier molecular flexibility index (Phi) is 10.9. The van der Waals surface area contributed by atoms with Crippen molar-refractivity contribution in [1.82, 2.24) is 14.3 Å². The van der Waals surface area contributed by atoms with E-state index in [9.17, 15) is 18.3 Å². The van der Waals surface area contributed by atoms with Crippen molar-refractivity contribution in [1.29, 1.82) is 0 Å². The van der Waals surface area contributed by atoms with E-state index in [-0.39, 0.29) is 13.0 Å².